The minimum Gasteiger partial charge on any atom is -0.462 e. The Labute approximate surface area is 114 Å². The standard InChI is InChI=1S/C15H21NO3/c1-4-9-19-15(18)12-5-7-13(8-6-12)16-14(17)10-11(2)3/h5-8,11H,4,9-10H2,1-3H3,(H,16,17). The topological polar surface area (TPSA) is 55.4 Å². The molecular formula is C15H21NO3. The van der Waals surface area contributed by atoms with Crippen molar-refractivity contribution >= 4 is 17.6 Å². The lowest BCUT2D eigenvalue weighted by atomic mass is 10.1. The number of amides is 1. The second kappa shape index (κ2) is 7.56. The Hall–Kier alpha value is -1.84. The van der Waals surface area contributed by atoms with E-state index in [9.17, 15) is 9.59 Å². The highest BCUT2D eigenvalue weighted by Crippen LogP contribution is 2.12. The second-order valence-corrected chi connectivity index (χ2v) is 4.86. The molecule has 0 atom stereocenters. The van der Waals surface area contributed by atoms with Crippen molar-refractivity contribution in [1.82, 2.24) is 0 Å². The lowest BCUT2D eigenvalue weighted by Crippen LogP contribution is -2.14. The molecule has 0 spiro atoms. The molecule has 1 aromatic rings. The molecule has 1 amide bonds. The van der Waals surface area contributed by atoms with E-state index in [1.165, 1.54) is 0 Å². The molecule has 0 aliphatic carbocycles. The Bertz CT molecular complexity index is 424. The smallest absolute Gasteiger partial charge is 0.338 e. The maximum Gasteiger partial charge on any atom is 0.338 e. The number of anilines is 1. The van der Waals surface area contributed by atoms with Gasteiger partial charge in [0.15, 0.2) is 0 Å². The van der Waals surface area contributed by atoms with E-state index in [0.29, 0.717) is 30.2 Å². The Morgan fingerprint density at radius 2 is 1.84 bits per heavy atom. The maximum absolute atomic E-state index is 11.6. The molecule has 0 saturated carbocycles. The summed E-state index contributed by atoms with van der Waals surface area (Å²) in [7, 11) is 0. The first-order valence-corrected chi connectivity index (χ1v) is 6.60. The molecule has 1 rings (SSSR count). The van der Waals surface area contributed by atoms with Gasteiger partial charge in [0.05, 0.1) is 12.2 Å². The predicted octanol–water partition coefficient (Wildman–Crippen LogP) is 3.24. The van der Waals surface area contributed by atoms with Crippen molar-refractivity contribution in [1.29, 1.82) is 0 Å². The first kappa shape index (κ1) is 15.2. The number of carbonyl (C=O) groups excluding carboxylic acids is 2. The van der Waals surface area contributed by atoms with Gasteiger partial charge >= 0.3 is 5.97 Å². The minimum absolute atomic E-state index is 0.0173. The molecule has 0 radical (unpaired) electrons. The summed E-state index contributed by atoms with van der Waals surface area (Å²) >= 11 is 0. The average molecular weight is 263 g/mol. The number of carbonyl (C=O) groups is 2. The quantitative estimate of drug-likeness (QED) is 0.802. The van der Waals surface area contributed by atoms with Gasteiger partial charge in [0.25, 0.3) is 0 Å². The van der Waals surface area contributed by atoms with Crippen molar-refractivity contribution in [3.63, 3.8) is 0 Å². The van der Waals surface area contributed by atoms with Crippen molar-refractivity contribution in [2.75, 3.05) is 11.9 Å². The van der Waals surface area contributed by atoms with Gasteiger partial charge in [-0.15, -0.1) is 0 Å². The van der Waals surface area contributed by atoms with E-state index in [2.05, 4.69) is 5.32 Å². The summed E-state index contributed by atoms with van der Waals surface area (Å²) in [4.78, 5) is 23.2. The Balaban J connectivity index is 2.56. The molecule has 0 aliphatic rings. The van der Waals surface area contributed by atoms with E-state index in [0.717, 1.165) is 6.42 Å². The van der Waals surface area contributed by atoms with Gasteiger partial charge in [0, 0.05) is 12.1 Å². The third-order valence-electron chi connectivity index (χ3n) is 2.44. The molecule has 0 aromatic heterocycles. The van der Waals surface area contributed by atoms with E-state index in [4.69, 9.17) is 4.74 Å². The van der Waals surface area contributed by atoms with E-state index >= 15 is 0 Å². The van der Waals surface area contributed by atoms with Crippen LogP contribution in [0.2, 0.25) is 0 Å². The van der Waals surface area contributed by atoms with E-state index in [-0.39, 0.29) is 11.9 Å². The van der Waals surface area contributed by atoms with Gasteiger partial charge in [-0.3, -0.25) is 4.79 Å². The van der Waals surface area contributed by atoms with Gasteiger partial charge < -0.3 is 10.1 Å². The molecule has 0 bridgehead atoms. The van der Waals surface area contributed by atoms with Crippen molar-refractivity contribution in [2.45, 2.75) is 33.6 Å². The summed E-state index contributed by atoms with van der Waals surface area (Å²) in [6.07, 6.45) is 1.29. The molecule has 0 saturated heterocycles. The van der Waals surface area contributed by atoms with Crippen LogP contribution in [0.5, 0.6) is 0 Å². The zero-order chi connectivity index (χ0) is 14.3. The molecule has 104 valence electrons. The van der Waals surface area contributed by atoms with Crippen LogP contribution in [0, 0.1) is 5.92 Å². The molecular weight excluding hydrogens is 242 g/mol. The van der Waals surface area contributed by atoms with Gasteiger partial charge in [-0.05, 0) is 36.6 Å². The molecule has 0 fully saturated rings. The number of esters is 1. The zero-order valence-corrected chi connectivity index (χ0v) is 11.7. The summed E-state index contributed by atoms with van der Waals surface area (Å²) in [5.74, 6) is -0.0264. The van der Waals surface area contributed by atoms with Crippen LogP contribution in [0.25, 0.3) is 0 Å². The van der Waals surface area contributed by atoms with Crippen LogP contribution in [-0.2, 0) is 9.53 Å². The first-order valence-electron chi connectivity index (χ1n) is 6.60. The second-order valence-electron chi connectivity index (χ2n) is 4.86. The summed E-state index contributed by atoms with van der Waals surface area (Å²) < 4.78 is 5.02. The maximum atomic E-state index is 11.6. The third-order valence-corrected chi connectivity index (χ3v) is 2.44. The molecule has 1 N–H and O–H groups in total. The highest BCUT2D eigenvalue weighted by molar-refractivity contribution is 5.93. The lowest BCUT2D eigenvalue weighted by Gasteiger charge is -2.08. The van der Waals surface area contributed by atoms with Gasteiger partial charge in [-0.25, -0.2) is 4.79 Å². The fourth-order valence-electron chi connectivity index (χ4n) is 1.55. The molecule has 1 aromatic carbocycles. The van der Waals surface area contributed by atoms with Crippen LogP contribution in [0.15, 0.2) is 24.3 Å². The molecule has 0 heterocycles. The highest BCUT2D eigenvalue weighted by atomic mass is 16.5. The van der Waals surface area contributed by atoms with Crippen molar-refractivity contribution in [3.8, 4) is 0 Å². The molecule has 0 unspecified atom stereocenters. The number of benzene rings is 1. The Kier molecular flexibility index (Phi) is 6.06. The van der Waals surface area contributed by atoms with E-state index in [1.54, 1.807) is 24.3 Å². The van der Waals surface area contributed by atoms with Gasteiger partial charge in [-0.1, -0.05) is 20.8 Å². The summed E-state index contributed by atoms with van der Waals surface area (Å²) in [6.45, 7) is 6.35. The third kappa shape index (κ3) is 5.55. The molecule has 19 heavy (non-hydrogen) atoms. The normalized spacial score (nSPS) is 10.3. The number of ether oxygens (including phenoxy) is 1. The van der Waals surface area contributed by atoms with Crippen LogP contribution in [0.4, 0.5) is 5.69 Å². The monoisotopic (exact) mass is 263 g/mol. The highest BCUT2D eigenvalue weighted by Gasteiger charge is 2.08. The molecule has 4 nitrogen and oxygen atoms in total. The number of rotatable bonds is 6. The van der Waals surface area contributed by atoms with Crippen molar-refractivity contribution < 1.29 is 14.3 Å². The van der Waals surface area contributed by atoms with Crippen LogP contribution in [0.3, 0.4) is 0 Å². The number of hydrogen-bond acceptors (Lipinski definition) is 3. The van der Waals surface area contributed by atoms with Gasteiger partial charge in [0.1, 0.15) is 0 Å². The van der Waals surface area contributed by atoms with Crippen molar-refractivity contribution in [2.24, 2.45) is 5.92 Å². The first-order chi connectivity index (χ1) is 9.02. The average Bonchev–Trinajstić information content (AvgIpc) is 2.35. The van der Waals surface area contributed by atoms with E-state index < -0.39 is 0 Å². The van der Waals surface area contributed by atoms with Crippen LogP contribution in [-0.4, -0.2) is 18.5 Å². The predicted molar refractivity (Wildman–Crippen MR) is 75.1 cm³/mol. The largest absolute Gasteiger partial charge is 0.462 e. The lowest BCUT2D eigenvalue weighted by molar-refractivity contribution is -0.116. The summed E-state index contributed by atoms with van der Waals surface area (Å²) in [5.41, 5.74) is 1.19. The summed E-state index contributed by atoms with van der Waals surface area (Å²) in [5, 5.41) is 2.79. The Morgan fingerprint density at radius 3 is 2.37 bits per heavy atom. The molecule has 4 heteroatoms. The SMILES string of the molecule is CCCOC(=O)c1ccc(NC(=O)CC(C)C)cc1. The minimum atomic E-state index is -0.332. The Morgan fingerprint density at radius 1 is 1.21 bits per heavy atom. The zero-order valence-electron chi connectivity index (χ0n) is 11.7. The van der Waals surface area contributed by atoms with Crippen LogP contribution < -0.4 is 5.32 Å². The van der Waals surface area contributed by atoms with Crippen molar-refractivity contribution in [3.05, 3.63) is 29.8 Å². The summed E-state index contributed by atoms with van der Waals surface area (Å²) in [6, 6.07) is 6.73. The van der Waals surface area contributed by atoms with Gasteiger partial charge in [0.2, 0.25) is 5.91 Å². The fraction of sp³-hybridized carbons (Fsp3) is 0.467. The molecule has 0 aliphatic heterocycles. The van der Waals surface area contributed by atoms with Crippen LogP contribution in [0.1, 0.15) is 44.0 Å². The van der Waals surface area contributed by atoms with Crippen LogP contribution >= 0.6 is 0 Å². The number of hydrogen-bond donors (Lipinski definition) is 1. The fourth-order valence-corrected chi connectivity index (χ4v) is 1.55. The van der Waals surface area contributed by atoms with E-state index in [1.807, 2.05) is 20.8 Å². The van der Waals surface area contributed by atoms with Gasteiger partial charge in [-0.2, -0.15) is 0 Å². The number of nitrogens with one attached hydrogen (secondary N) is 1.